The van der Waals surface area contributed by atoms with Gasteiger partial charge in [0.15, 0.2) is 0 Å². The molecule has 2 saturated heterocycles. The number of benzene rings is 2. The molecule has 0 saturated carbocycles. The summed E-state index contributed by atoms with van der Waals surface area (Å²) in [7, 11) is -7.80. The molecule has 11 nitrogen and oxygen atoms in total. The molecule has 2 aliphatic rings. The number of nitrogens with one attached hydrogen (secondary N) is 3. The first-order valence-corrected chi connectivity index (χ1v) is 12.9. The van der Waals surface area contributed by atoms with Crippen LogP contribution in [0.25, 0.3) is 0 Å². The predicted molar refractivity (Wildman–Crippen MR) is 117 cm³/mol. The van der Waals surface area contributed by atoms with Gasteiger partial charge in [0.2, 0.25) is 10.0 Å². The molecule has 0 aromatic heterocycles. The van der Waals surface area contributed by atoms with Gasteiger partial charge in [-0.1, -0.05) is 12.1 Å². The topological polar surface area (TPSA) is 151 Å². The van der Waals surface area contributed by atoms with Crippen LogP contribution >= 0.6 is 0 Å². The molecule has 0 aliphatic carbocycles. The molecule has 1 atom stereocenters. The lowest BCUT2D eigenvalue weighted by atomic mass is 9.92. The lowest BCUT2D eigenvalue weighted by Gasteiger charge is -2.26. The van der Waals surface area contributed by atoms with Gasteiger partial charge in [0.05, 0.1) is 23.0 Å². The van der Waals surface area contributed by atoms with Gasteiger partial charge in [0.1, 0.15) is 5.54 Å². The van der Waals surface area contributed by atoms with E-state index in [9.17, 15) is 26.4 Å². The van der Waals surface area contributed by atoms with E-state index in [1.807, 2.05) is 0 Å². The molecule has 33 heavy (non-hydrogen) atoms. The second-order valence-corrected chi connectivity index (χ2v) is 11.3. The number of carbonyl (C=O) groups is 2. The largest absolute Gasteiger partial charge is 0.379 e. The minimum absolute atomic E-state index is 0.0127. The van der Waals surface area contributed by atoms with Crippen LogP contribution in [0.15, 0.2) is 58.3 Å². The summed E-state index contributed by atoms with van der Waals surface area (Å²) >= 11 is 0. The molecule has 0 spiro atoms. The van der Waals surface area contributed by atoms with Crippen LogP contribution < -0.4 is 15.4 Å². The van der Waals surface area contributed by atoms with Crippen molar-refractivity contribution in [3.8, 4) is 0 Å². The number of urea groups is 1. The van der Waals surface area contributed by atoms with Crippen molar-refractivity contribution in [1.82, 2.24) is 14.9 Å². The normalized spacial score (nSPS) is 22.0. The molecule has 2 aromatic carbocycles. The molecule has 13 heteroatoms. The van der Waals surface area contributed by atoms with Gasteiger partial charge in [-0.15, -0.1) is 0 Å². The van der Waals surface area contributed by atoms with Crippen molar-refractivity contribution >= 4 is 37.7 Å². The Labute approximate surface area is 191 Å². The molecule has 2 heterocycles. The van der Waals surface area contributed by atoms with Crippen LogP contribution in [-0.2, 0) is 35.1 Å². The number of morpholine rings is 1. The maximum atomic E-state index is 12.9. The van der Waals surface area contributed by atoms with Crippen molar-refractivity contribution < 1.29 is 31.2 Å². The van der Waals surface area contributed by atoms with Crippen molar-refractivity contribution in [2.24, 2.45) is 0 Å². The third-order valence-electron chi connectivity index (χ3n) is 5.48. The highest BCUT2D eigenvalue weighted by atomic mass is 32.2. The molecule has 0 radical (unpaired) electrons. The van der Waals surface area contributed by atoms with Crippen LogP contribution in [0.1, 0.15) is 12.5 Å². The number of rotatable bonds is 6. The SMILES string of the molecule is CC1(c2cccc(NS(=O)(=O)c3ccc(S(=O)(=O)N4CCOCC4)cc3)c2)NC(=O)NC1=O. The van der Waals surface area contributed by atoms with E-state index in [1.54, 1.807) is 12.1 Å². The third kappa shape index (κ3) is 4.44. The number of nitrogens with zero attached hydrogens (tertiary/aromatic N) is 1. The average molecular weight is 495 g/mol. The van der Waals surface area contributed by atoms with Gasteiger partial charge in [-0.3, -0.25) is 14.8 Å². The zero-order valence-corrected chi connectivity index (χ0v) is 19.2. The maximum Gasteiger partial charge on any atom is 0.322 e. The van der Waals surface area contributed by atoms with Crippen LogP contribution in [0.5, 0.6) is 0 Å². The molecule has 1 unspecified atom stereocenters. The van der Waals surface area contributed by atoms with E-state index < -0.39 is 37.5 Å². The minimum atomic E-state index is -4.05. The van der Waals surface area contributed by atoms with E-state index in [0.717, 1.165) is 0 Å². The fourth-order valence-electron chi connectivity index (χ4n) is 3.58. The Morgan fingerprint density at radius 2 is 1.61 bits per heavy atom. The summed E-state index contributed by atoms with van der Waals surface area (Å²) in [6.07, 6.45) is 0. The quantitative estimate of drug-likeness (QED) is 0.497. The maximum absolute atomic E-state index is 12.9. The summed E-state index contributed by atoms with van der Waals surface area (Å²) in [5, 5.41) is 4.67. The number of anilines is 1. The molecule has 2 aliphatic heterocycles. The van der Waals surface area contributed by atoms with Crippen molar-refractivity contribution in [3.63, 3.8) is 0 Å². The summed E-state index contributed by atoms with van der Waals surface area (Å²) in [6, 6.07) is 10.4. The van der Waals surface area contributed by atoms with E-state index in [2.05, 4.69) is 15.4 Å². The number of hydrogen-bond donors (Lipinski definition) is 3. The molecular formula is C20H22N4O7S2. The fraction of sp³-hybridized carbons (Fsp3) is 0.300. The Hall–Kier alpha value is -3.00. The standard InChI is InChI=1S/C20H22N4O7S2/c1-20(18(25)21-19(26)22-20)14-3-2-4-15(13-14)23-32(27,28)16-5-7-17(8-6-16)33(29,30)24-9-11-31-12-10-24/h2-8,13,23H,9-12H2,1H3,(H2,21,22,25,26). The number of amides is 3. The number of sulfonamides is 2. The van der Waals surface area contributed by atoms with Gasteiger partial charge >= 0.3 is 6.03 Å². The molecule has 0 bridgehead atoms. The Morgan fingerprint density at radius 1 is 0.970 bits per heavy atom. The van der Waals surface area contributed by atoms with Gasteiger partial charge < -0.3 is 10.1 Å². The van der Waals surface area contributed by atoms with Crippen LogP contribution in [0.3, 0.4) is 0 Å². The lowest BCUT2D eigenvalue weighted by Crippen LogP contribution is -2.40. The van der Waals surface area contributed by atoms with E-state index in [0.29, 0.717) is 18.8 Å². The Balaban J connectivity index is 1.55. The summed E-state index contributed by atoms with van der Waals surface area (Å²) in [6.45, 7) is 2.59. The second kappa shape index (κ2) is 8.41. The average Bonchev–Trinajstić information content (AvgIpc) is 3.06. The fourth-order valence-corrected chi connectivity index (χ4v) is 6.04. The van der Waals surface area contributed by atoms with Crippen molar-refractivity contribution in [1.29, 1.82) is 0 Å². The first kappa shape index (κ1) is 23.2. The first-order valence-electron chi connectivity index (χ1n) is 9.97. The second-order valence-electron chi connectivity index (χ2n) is 7.71. The third-order valence-corrected chi connectivity index (χ3v) is 8.79. The zero-order chi connectivity index (χ0) is 23.9. The molecule has 3 N–H and O–H groups in total. The number of imide groups is 1. The number of ether oxygens (including phenoxy) is 1. The van der Waals surface area contributed by atoms with E-state index in [1.165, 1.54) is 47.6 Å². The summed E-state index contributed by atoms with van der Waals surface area (Å²) < 4.78 is 60.0. The van der Waals surface area contributed by atoms with E-state index in [4.69, 9.17) is 4.74 Å². The molecule has 176 valence electrons. The Morgan fingerprint density at radius 3 is 2.21 bits per heavy atom. The summed E-state index contributed by atoms with van der Waals surface area (Å²) in [5.74, 6) is -0.551. The van der Waals surface area contributed by atoms with Crippen molar-refractivity contribution in [2.75, 3.05) is 31.0 Å². The van der Waals surface area contributed by atoms with Gasteiger partial charge in [-0.25, -0.2) is 21.6 Å². The number of hydrogen-bond acceptors (Lipinski definition) is 7. The number of carbonyl (C=O) groups excluding carboxylic acids is 2. The Bertz CT molecular complexity index is 1300. The highest BCUT2D eigenvalue weighted by Gasteiger charge is 2.43. The zero-order valence-electron chi connectivity index (χ0n) is 17.6. The molecule has 2 aromatic rings. The van der Waals surface area contributed by atoms with Crippen molar-refractivity contribution in [3.05, 3.63) is 54.1 Å². The van der Waals surface area contributed by atoms with Crippen molar-refractivity contribution in [2.45, 2.75) is 22.3 Å². The van der Waals surface area contributed by atoms with Gasteiger partial charge in [-0.05, 0) is 48.9 Å². The molecule has 3 amide bonds. The van der Waals surface area contributed by atoms with Gasteiger partial charge in [-0.2, -0.15) is 4.31 Å². The van der Waals surface area contributed by atoms with Gasteiger partial charge in [0, 0.05) is 18.8 Å². The predicted octanol–water partition coefficient (Wildman–Crippen LogP) is 0.563. The van der Waals surface area contributed by atoms with Crippen LogP contribution in [0.4, 0.5) is 10.5 Å². The summed E-state index contributed by atoms with van der Waals surface area (Å²) in [5.41, 5.74) is -0.778. The van der Waals surface area contributed by atoms with Crippen LogP contribution in [0, 0.1) is 0 Å². The monoisotopic (exact) mass is 494 g/mol. The summed E-state index contributed by atoms with van der Waals surface area (Å²) in [4.78, 5) is 23.5. The molecule has 4 rings (SSSR count). The first-order chi connectivity index (χ1) is 15.5. The minimum Gasteiger partial charge on any atom is -0.379 e. The smallest absolute Gasteiger partial charge is 0.322 e. The highest BCUT2D eigenvalue weighted by molar-refractivity contribution is 7.92. The highest BCUT2D eigenvalue weighted by Crippen LogP contribution is 2.28. The van der Waals surface area contributed by atoms with Crippen LogP contribution in [0.2, 0.25) is 0 Å². The molecule has 2 fully saturated rings. The molecular weight excluding hydrogens is 472 g/mol. The van der Waals surface area contributed by atoms with Gasteiger partial charge in [0.25, 0.3) is 15.9 Å². The Kier molecular flexibility index (Phi) is 5.90. The van der Waals surface area contributed by atoms with E-state index >= 15 is 0 Å². The lowest BCUT2D eigenvalue weighted by molar-refractivity contribution is -0.123. The van der Waals surface area contributed by atoms with Crippen LogP contribution in [-0.4, -0.2) is 59.4 Å². The van der Waals surface area contributed by atoms with E-state index in [-0.39, 0.29) is 28.6 Å².